The molecule has 0 amide bonds. The Hall–Kier alpha value is -1.43. The van der Waals surface area contributed by atoms with Crippen LogP contribution >= 0.6 is 0 Å². The fourth-order valence-corrected chi connectivity index (χ4v) is 2.38. The molecule has 1 aromatic heterocycles. The average Bonchev–Trinajstić information content (AvgIpc) is 2.66. The molecule has 0 saturated carbocycles. The molecule has 0 radical (unpaired) electrons. The number of rotatable bonds is 3. The van der Waals surface area contributed by atoms with Crippen molar-refractivity contribution in [2.24, 2.45) is 11.8 Å². The molecule has 6 nitrogen and oxygen atoms in total. The van der Waals surface area contributed by atoms with Crippen LogP contribution in [0.3, 0.4) is 0 Å². The van der Waals surface area contributed by atoms with Gasteiger partial charge in [0.25, 0.3) is 0 Å². The molecule has 18 heavy (non-hydrogen) atoms. The molecule has 0 bridgehead atoms. The molecule has 1 unspecified atom stereocenters. The third-order valence-electron chi connectivity index (χ3n) is 3.73. The maximum Gasteiger partial charge on any atom is 0.369 e. The number of methoxy groups -OCH3 is 1. The standard InChI is InChI=1S/C12H19N3O3/c1-5-9-7(2)8(3)11(18-9)15-12(16)14-10(17-4)6-13-15/h6-9,11H,5H2,1-4H3/t7?,8-,9+,11+/m0/s1. The van der Waals surface area contributed by atoms with Gasteiger partial charge in [0.15, 0.2) is 6.23 Å². The van der Waals surface area contributed by atoms with Crippen molar-refractivity contribution < 1.29 is 9.47 Å². The average molecular weight is 253 g/mol. The van der Waals surface area contributed by atoms with Gasteiger partial charge in [0.2, 0.25) is 5.88 Å². The van der Waals surface area contributed by atoms with E-state index in [1.807, 2.05) is 0 Å². The van der Waals surface area contributed by atoms with Gasteiger partial charge in [-0.05, 0) is 12.3 Å². The number of ether oxygens (including phenoxy) is 2. The van der Waals surface area contributed by atoms with Crippen LogP contribution in [0.4, 0.5) is 0 Å². The maximum absolute atomic E-state index is 11.9. The highest BCUT2D eigenvalue weighted by Crippen LogP contribution is 2.38. The summed E-state index contributed by atoms with van der Waals surface area (Å²) in [6.45, 7) is 6.29. The van der Waals surface area contributed by atoms with Crippen molar-refractivity contribution in [1.82, 2.24) is 14.8 Å². The molecule has 4 atom stereocenters. The van der Waals surface area contributed by atoms with E-state index < -0.39 is 5.69 Å². The molecular weight excluding hydrogens is 234 g/mol. The zero-order valence-corrected chi connectivity index (χ0v) is 11.2. The van der Waals surface area contributed by atoms with E-state index in [0.29, 0.717) is 5.92 Å². The lowest BCUT2D eigenvalue weighted by molar-refractivity contribution is -0.0253. The highest BCUT2D eigenvalue weighted by molar-refractivity contribution is 4.99. The Morgan fingerprint density at radius 1 is 1.44 bits per heavy atom. The molecule has 0 N–H and O–H groups in total. The Balaban J connectivity index is 2.30. The van der Waals surface area contributed by atoms with Crippen molar-refractivity contribution in [3.63, 3.8) is 0 Å². The molecule has 2 heterocycles. The molecule has 0 aliphatic carbocycles. The second-order valence-corrected chi connectivity index (χ2v) is 4.72. The fourth-order valence-electron chi connectivity index (χ4n) is 2.38. The van der Waals surface area contributed by atoms with Crippen LogP contribution in [-0.4, -0.2) is 28.0 Å². The lowest BCUT2D eigenvalue weighted by Crippen LogP contribution is -2.32. The molecular formula is C12H19N3O3. The molecule has 1 aliphatic heterocycles. The summed E-state index contributed by atoms with van der Waals surface area (Å²) in [6.07, 6.45) is 2.19. The topological polar surface area (TPSA) is 66.2 Å². The van der Waals surface area contributed by atoms with E-state index in [0.717, 1.165) is 6.42 Å². The van der Waals surface area contributed by atoms with Gasteiger partial charge in [-0.3, -0.25) is 0 Å². The molecule has 2 rings (SSSR count). The molecule has 1 saturated heterocycles. The Kier molecular flexibility index (Phi) is 3.65. The quantitative estimate of drug-likeness (QED) is 0.810. The molecule has 100 valence electrons. The number of aromatic nitrogens is 3. The van der Waals surface area contributed by atoms with Crippen LogP contribution in [0, 0.1) is 11.8 Å². The summed E-state index contributed by atoms with van der Waals surface area (Å²) in [5.74, 6) is 0.855. The van der Waals surface area contributed by atoms with Gasteiger partial charge in [0.1, 0.15) is 6.20 Å². The predicted octanol–water partition coefficient (Wildman–Crippen LogP) is 1.23. The SMILES string of the molecule is CC[C@H]1O[C@@H](n2ncc(OC)nc2=O)[C@@H](C)C1C. The highest BCUT2D eigenvalue weighted by atomic mass is 16.5. The summed E-state index contributed by atoms with van der Waals surface area (Å²) in [5.41, 5.74) is -0.435. The van der Waals surface area contributed by atoms with Crippen molar-refractivity contribution >= 4 is 0 Å². The predicted molar refractivity (Wildman–Crippen MR) is 65.4 cm³/mol. The lowest BCUT2D eigenvalue weighted by Gasteiger charge is -2.16. The summed E-state index contributed by atoms with van der Waals surface area (Å²) >= 11 is 0. The van der Waals surface area contributed by atoms with Gasteiger partial charge in [-0.25, -0.2) is 4.79 Å². The van der Waals surface area contributed by atoms with E-state index in [9.17, 15) is 4.79 Å². The van der Waals surface area contributed by atoms with Crippen LogP contribution in [0.25, 0.3) is 0 Å². The monoisotopic (exact) mass is 253 g/mol. The normalized spacial score (nSPS) is 31.6. The van der Waals surface area contributed by atoms with E-state index in [1.165, 1.54) is 18.0 Å². The van der Waals surface area contributed by atoms with E-state index in [-0.39, 0.29) is 24.1 Å². The molecule has 1 aromatic rings. The Bertz CT molecular complexity index is 474. The second kappa shape index (κ2) is 5.06. The van der Waals surface area contributed by atoms with E-state index >= 15 is 0 Å². The minimum Gasteiger partial charge on any atom is -0.480 e. The molecule has 0 spiro atoms. The Morgan fingerprint density at radius 2 is 2.17 bits per heavy atom. The lowest BCUT2D eigenvalue weighted by atomic mass is 9.92. The van der Waals surface area contributed by atoms with Crippen molar-refractivity contribution in [2.45, 2.75) is 39.5 Å². The van der Waals surface area contributed by atoms with E-state index in [4.69, 9.17) is 9.47 Å². The van der Waals surface area contributed by atoms with Crippen LogP contribution in [0.2, 0.25) is 0 Å². The number of hydrogen-bond acceptors (Lipinski definition) is 5. The first-order chi connectivity index (χ1) is 8.58. The van der Waals surface area contributed by atoms with Crippen LogP contribution in [0.1, 0.15) is 33.4 Å². The van der Waals surface area contributed by atoms with E-state index in [1.54, 1.807) is 0 Å². The number of hydrogen-bond donors (Lipinski definition) is 0. The maximum atomic E-state index is 11.9. The molecule has 1 fully saturated rings. The van der Waals surface area contributed by atoms with Crippen LogP contribution in [-0.2, 0) is 4.74 Å². The van der Waals surface area contributed by atoms with Crippen molar-refractivity contribution in [2.75, 3.05) is 7.11 Å². The largest absolute Gasteiger partial charge is 0.480 e. The van der Waals surface area contributed by atoms with Crippen molar-refractivity contribution in [3.05, 3.63) is 16.7 Å². The third kappa shape index (κ3) is 2.12. The highest BCUT2D eigenvalue weighted by Gasteiger charge is 2.40. The van der Waals surface area contributed by atoms with E-state index in [2.05, 4.69) is 30.9 Å². The van der Waals surface area contributed by atoms with Gasteiger partial charge in [0.05, 0.1) is 13.2 Å². The smallest absolute Gasteiger partial charge is 0.369 e. The molecule has 1 aliphatic rings. The van der Waals surface area contributed by atoms with Gasteiger partial charge in [0, 0.05) is 5.92 Å². The first-order valence-corrected chi connectivity index (χ1v) is 6.23. The van der Waals surface area contributed by atoms with Gasteiger partial charge >= 0.3 is 5.69 Å². The minimum atomic E-state index is -0.435. The second-order valence-electron chi connectivity index (χ2n) is 4.72. The third-order valence-corrected chi connectivity index (χ3v) is 3.73. The Labute approximate surface area is 106 Å². The molecule has 6 heteroatoms. The summed E-state index contributed by atoms with van der Waals surface area (Å²) in [4.78, 5) is 15.7. The van der Waals surface area contributed by atoms with Gasteiger partial charge in [-0.2, -0.15) is 14.8 Å². The zero-order chi connectivity index (χ0) is 13.3. The first kappa shape index (κ1) is 13.0. The van der Waals surface area contributed by atoms with Gasteiger partial charge in [-0.15, -0.1) is 0 Å². The van der Waals surface area contributed by atoms with Crippen LogP contribution < -0.4 is 10.4 Å². The summed E-state index contributed by atoms with van der Waals surface area (Å²) in [7, 11) is 1.46. The minimum absolute atomic E-state index is 0.167. The van der Waals surface area contributed by atoms with Crippen molar-refractivity contribution in [1.29, 1.82) is 0 Å². The van der Waals surface area contributed by atoms with Gasteiger partial charge in [-0.1, -0.05) is 20.8 Å². The fraction of sp³-hybridized carbons (Fsp3) is 0.750. The summed E-state index contributed by atoms with van der Waals surface area (Å²) in [5, 5.41) is 4.08. The van der Waals surface area contributed by atoms with Crippen LogP contribution in [0.5, 0.6) is 5.88 Å². The zero-order valence-electron chi connectivity index (χ0n) is 11.2. The van der Waals surface area contributed by atoms with Crippen molar-refractivity contribution in [3.8, 4) is 5.88 Å². The first-order valence-electron chi connectivity index (χ1n) is 6.23. The Morgan fingerprint density at radius 3 is 2.67 bits per heavy atom. The summed E-state index contributed by atoms with van der Waals surface area (Å²) in [6, 6.07) is 0. The molecule has 0 aromatic carbocycles. The summed E-state index contributed by atoms with van der Waals surface area (Å²) < 4.78 is 12.1. The van der Waals surface area contributed by atoms with Gasteiger partial charge < -0.3 is 9.47 Å². The number of nitrogens with zero attached hydrogens (tertiary/aromatic N) is 3. The van der Waals surface area contributed by atoms with Crippen LogP contribution in [0.15, 0.2) is 11.0 Å².